The van der Waals surface area contributed by atoms with E-state index in [1.165, 1.54) is 4.90 Å². The molecule has 5 atom stereocenters. The summed E-state index contributed by atoms with van der Waals surface area (Å²) in [5.74, 6) is -0.365. The van der Waals surface area contributed by atoms with Gasteiger partial charge in [0.2, 0.25) is 11.8 Å². The van der Waals surface area contributed by atoms with Gasteiger partial charge in [0.25, 0.3) is 0 Å². The van der Waals surface area contributed by atoms with Gasteiger partial charge in [-0.2, -0.15) is 0 Å². The van der Waals surface area contributed by atoms with Crippen molar-refractivity contribution in [3.8, 4) is 0 Å². The monoisotopic (exact) mass is 275 g/mol. The lowest BCUT2D eigenvalue weighted by atomic mass is 9.85. The number of ketones is 1. The van der Waals surface area contributed by atoms with Gasteiger partial charge in [-0.3, -0.25) is 19.3 Å². The van der Waals surface area contributed by atoms with Gasteiger partial charge < -0.3 is 0 Å². The van der Waals surface area contributed by atoms with Gasteiger partial charge in [-0.1, -0.05) is 32.9 Å². The SMILES string of the molecule is CC(C(=O)C(C)(C)C)N1C(=O)C2C3C=CC(C3)C2C1=O. The number of rotatable bonds is 2. The van der Waals surface area contributed by atoms with E-state index < -0.39 is 11.5 Å². The van der Waals surface area contributed by atoms with Gasteiger partial charge in [-0.15, -0.1) is 0 Å². The number of carbonyl (C=O) groups excluding carboxylic acids is 3. The van der Waals surface area contributed by atoms with Crippen molar-refractivity contribution in [3.63, 3.8) is 0 Å². The smallest absolute Gasteiger partial charge is 0.234 e. The second-order valence-electron chi connectivity index (χ2n) is 7.34. The molecule has 5 unspecified atom stereocenters. The van der Waals surface area contributed by atoms with Gasteiger partial charge in [-0.25, -0.2) is 0 Å². The van der Waals surface area contributed by atoms with Crippen LogP contribution in [0.2, 0.25) is 0 Å². The molecule has 2 amide bonds. The van der Waals surface area contributed by atoms with E-state index >= 15 is 0 Å². The highest BCUT2D eigenvalue weighted by atomic mass is 16.2. The van der Waals surface area contributed by atoms with Gasteiger partial charge >= 0.3 is 0 Å². The molecule has 1 saturated carbocycles. The van der Waals surface area contributed by atoms with E-state index in [4.69, 9.17) is 0 Å². The number of hydrogen-bond acceptors (Lipinski definition) is 3. The number of Topliss-reactive ketones (excluding diaryl/α,β-unsaturated/α-hetero) is 1. The van der Waals surface area contributed by atoms with Crippen molar-refractivity contribution in [2.45, 2.75) is 40.2 Å². The molecule has 0 aromatic carbocycles. The van der Waals surface area contributed by atoms with E-state index in [-0.39, 0.29) is 41.3 Å². The molecule has 0 spiro atoms. The zero-order valence-corrected chi connectivity index (χ0v) is 12.4. The largest absolute Gasteiger partial charge is 0.297 e. The first kappa shape index (κ1) is 13.5. The number of fused-ring (bicyclic) bond motifs is 5. The number of amides is 2. The van der Waals surface area contributed by atoms with Gasteiger partial charge in [0, 0.05) is 5.41 Å². The van der Waals surface area contributed by atoms with E-state index in [1.807, 2.05) is 20.8 Å². The normalized spacial score (nSPS) is 36.7. The topological polar surface area (TPSA) is 54.5 Å². The molecule has 4 heteroatoms. The molecule has 1 saturated heterocycles. The summed E-state index contributed by atoms with van der Waals surface area (Å²) in [6.45, 7) is 7.15. The van der Waals surface area contributed by atoms with Crippen LogP contribution in [-0.4, -0.2) is 28.5 Å². The van der Waals surface area contributed by atoms with E-state index in [0.717, 1.165) is 6.42 Å². The van der Waals surface area contributed by atoms with Crippen LogP contribution in [0.3, 0.4) is 0 Å². The average molecular weight is 275 g/mol. The number of likely N-dealkylation sites (tertiary alicyclic amines) is 1. The minimum Gasteiger partial charge on any atom is -0.297 e. The van der Waals surface area contributed by atoms with Gasteiger partial charge in [-0.05, 0) is 25.2 Å². The van der Waals surface area contributed by atoms with Crippen molar-refractivity contribution in [2.75, 3.05) is 0 Å². The van der Waals surface area contributed by atoms with Gasteiger partial charge in [0.05, 0.1) is 17.9 Å². The molecule has 3 aliphatic rings. The Morgan fingerprint density at radius 3 is 2.00 bits per heavy atom. The van der Waals surface area contributed by atoms with Crippen molar-refractivity contribution in [2.24, 2.45) is 29.1 Å². The molecular formula is C16H21NO3. The van der Waals surface area contributed by atoms with E-state index in [2.05, 4.69) is 12.2 Å². The van der Waals surface area contributed by atoms with E-state index in [1.54, 1.807) is 6.92 Å². The van der Waals surface area contributed by atoms with Crippen LogP contribution in [0, 0.1) is 29.1 Å². The summed E-state index contributed by atoms with van der Waals surface area (Å²) in [5.41, 5.74) is -0.547. The Balaban J connectivity index is 1.88. The number of nitrogens with zero attached hydrogens (tertiary/aromatic N) is 1. The van der Waals surface area contributed by atoms with Crippen LogP contribution in [0.25, 0.3) is 0 Å². The third kappa shape index (κ3) is 1.63. The average Bonchev–Trinajstić information content (AvgIpc) is 3.01. The molecule has 20 heavy (non-hydrogen) atoms. The van der Waals surface area contributed by atoms with Crippen LogP contribution in [0.4, 0.5) is 0 Å². The minimum atomic E-state index is -0.653. The lowest BCUT2D eigenvalue weighted by Crippen LogP contribution is -2.48. The summed E-state index contributed by atoms with van der Waals surface area (Å²) in [5, 5.41) is 0. The standard InChI is InChI=1S/C16H21NO3/c1-8(13(18)16(2,3)4)17-14(19)11-9-5-6-10(7-9)12(11)15(17)20/h5-6,8-12H,7H2,1-4H3. The van der Waals surface area contributed by atoms with Crippen molar-refractivity contribution in [1.82, 2.24) is 4.90 Å². The third-order valence-electron chi connectivity index (χ3n) is 5.01. The molecule has 0 N–H and O–H groups in total. The van der Waals surface area contributed by atoms with Crippen molar-refractivity contribution in [1.29, 1.82) is 0 Å². The summed E-state index contributed by atoms with van der Waals surface area (Å²) in [6.07, 6.45) is 5.05. The quantitative estimate of drug-likeness (QED) is 0.570. The molecule has 4 nitrogen and oxygen atoms in total. The first-order chi connectivity index (χ1) is 9.23. The molecule has 0 aromatic heterocycles. The van der Waals surface area contributed by atoms with Crippen LogP contribution in [0.15, 0.2) is 12.2 Å². The Bertz CT molecular complexity index is 498. The number of carbonyl (C=O) groups is 3. The number of allylic oxidation sites excluding steroid dienone is 2. The summed E-state index contributed by atoms with van der Waals surface area (Å²) in [6, 6.07) is -0.653. The summed E-state index contributed by atoms with van der Waals surface area (Å²) in [4.78, 5) is 38.8. The highest BCUT2D eigenvalue weighted by Gasteiger charge is 2.60. The molecule has 2 aliphatic carbocycles. The zero-order valence-electron chi connectivity index (χ0n) is 12.4. The molecular weight excluding hydrogens is 254 g/mol. The first-order valence-corrected chi connectivity index (χ1v) is 7.33. The minimum absolute atomic E-state index is 0.0560. The van der Waals surface area contributed by atoms with Crippen LogP contribution in [-0.2, 0) is 14.4 Å². The summed E-state index contributed by atoms with van der Waals surface area (Å²) < 4.78 is 0. The maximum Gasteiger partial charge on any atom is 0.234 e. The van der Waals surface area contributed by atoms with E-state index in [0.29, 0.717) is 0 Å². The molecule has 2 fully saturated rings. The Kier molecular flexibility index (Phi) is 2.72. The van der Waals surface area contributed by atoms with E-state index in [9.17, 15) is 14.4 Å². The predicted octanol–water partition coefficient (Wildman–Crippen LogP) is 1.80. The first-order valence-electron chi connectivity index (χ1n) is 7.33. The zero-order chi connectivity index (χ0) is 14.8. The molecule has 108 valence electrons. The molecule has 2 bridgehead atoms. The second-order valence-corrected chi connectivity index (χ2v) is 7.34. The van der Waals surface area contributed by atoms with Crippen LogP contribution in [0.5, 0.6) is 0 Å². The van der Waals surface area contributed by atoms with Crippen LogP contribution >= 0.6 is 0 Å². The molecule has 0 aromatic rings. The van der Waals surface area contributed by atoms with Gasteiger partial charge in [0.15, 0.2) is 5.78 Å². The van der Waals surface area contributed by atoms with Crippen molar-refractivity contribution >= 4 is 17.6 Å². The highest BCUT2D eigenvalue weighted by molar-refractivity contribution is 6.09. The number of hydrogen-bond donors (Lipinski definition) is 0. The summed E-state index contributed by atoms with van der Waals surface area (Å²) >= 11 is 0. The summed E-state index contributed by atoms with van der Waals surface area (Å²) in [7, 11) is 0. The van der Waals surface area contributed by atoms with Crippen LogP contribution < -0.4 is 0 Å². The Hall–Kier alpha value is -1.45. The fourth-order valence-electron chi connectivity index (χ4n) is 4.05. The van der Waals surface area contributed by atoms with Crippen molar-refractivity contribution < 1.29 is 14.4 Å². The number of imide groups is 1. The lowest BCUT2D eigenvalue weighted by Gasteiger charge is -2.28. The fraction of sp³-hybridized carbons (Fsp3) is 0.688. The predicted molar refractivity (Wildman–Crippen MR) is 73.5 cm³/mol. The highest BCUT2D eigenvalue weighted by Crippen LogP contribution is 2.53. The molecule has 1 aliphatic heterocycles. The maximum absolute atomic E-state index is 12.6. The molecule has 1 heterocycles. The molecule has 0 radical (unpaired) electrons. The van der Waals surface area contributed by atoms with Crippen LogP contribution in [0.1, 0.15) is 34.1 Å². The van der Waals surface area contributed by atoms with Crippen molar-refractivity contribution in [3.05, 3.63) is 12.2 Å². The fourth-order valence-corrected chi connectivity index (χ4v) is 4.05. The Morgan fingerprint density at radius 2 is 1.60 bits per heavy atom. The third-order valence-corrected chi connectivity index (χ3v) is 5.01. The lowest BCUT2D eigenvalue weighted by molar-refractivity contribution is -0.149. The molecule has 3 rings (SSSR count). The van der Waals surface area contributed by atoms with Gasteiger partial charge in [0.1, 0.15) is 0 Å². The Morgan fingerprint density at radius 1 is 1.15 bits per heavy atom. The Labute approximate surface area is 119 Å². The maximum atomic E-state index is 12.6. The second kappa shape index (κ2) is 4.03.